The van der Waals surface area contributed by atoms with Crippen LogP contribution in [0.2, 0.25) is 0 Å². The van der Waals surface area contributed by atoms with E-state index >= 15 is 0 Å². The van der Waals surface area contributed by atoms with Gasteiger partial charge in [0.2, 0.25) is 5.89 Å². The zero-order valence-corrected chi connectivity index (χ0v) is 15.4. The van der Waals surface area contributed by atoms with Gasteiger partial charge in [-0.3, -0.25) is 4.68 Å². The molecule has 24 heavy (non-hydrogen) atoms. The van der Waals surface area contributed by atoms with Crippen LogP contribution >= 0.6 is 0 Å². The first-order chi connectivity index (χ1) is 11.4. The topological polar surface area (TPSA) is 84.4 Å². The Morgan fingerprint density at radius 2 is 2.21 bits per heavy atom. The van der Waals surface area contributed by atoms with E-state index in [2.05, 4.69) is 50.5 Å². The Kier molecular flexibility index (Phi) is 5.94. The van der Waals surface area contributed by atoms with E-state index < -0.39 is 0 Å². The Morgan fingerprint density at radius 1 is 1.46 bits per heavy atom. The summed E-state index contributed by atoms with van der Waals surface area (Å²) < 4.78 is 6.98. The maximum Gasteiger partial charge on any atom is 0.248 e. The van der Waals surface area contributed by atoms with Crippen LogP contribution in [0.4, 0.5) is 0 Å². The van der Waals surface area contributed by atoms with Crippen molar-refractivity contribution in [1.82, 2.24) is 30.1 Å². The van der Waals surface area contributed by atoms with Crippen molar-refractivity contribution in [3.05, 3.63) is 29.2 Å². The van der Waals surface area contributed by atoms with Gasteiger partial charge in [-0.15, -0.1) is 0 Å². The molecule has 0 atom stereocenters. The van der Waals surface area contributed by atoms with Gasteiger partial charge in [-0.1, -0.05) is 19.0 Å². The standard InChI is InChI=1S/C16H27N7O/c1-7-17-16(18-8-14-19-12(4)21-24-14)22(5)9-13-10-23(6)20-15(13)11(2)3/h10-11H,7-9H2,1-6H3,(H,17,18). The van der Waals surface area contributed by atoms with Crippen molar-refractivity contribution in [1.29, 1.82) is 0 Å². The Morgan fingerprint density at radius 3 is 2.79 bits per heavy atom. The predicted molar refractivity (Wildman–Crippen MR) is 92.6 cm³/mol. The summed E-state index contributed by atoms with van der Waals surface area (Å²) in [6.45, 7) is 10.0. The summed E-state index contributed by atoms with van der Waals surface area (Å²) in [5, 5.41) is 11.6. The molecule has 2 aromatic rings. The van der Waals surface area contributed by atoms with Crippen LogP contribution in [0.15, 0.2) is 15.7 Å². The molecule has 0 radical (unpaired) electrons. The average molecular weight is 333 g/mol. The van der Waals surface area contributed by atoms with Crippen molar-refractivity contribution in [2.45, 2.75) is 46.7 Å². The van der Waals surface area contributed by atoms with Crippen molar-refractivity contribution in [2.24, 2.45) is 12.0 Å². The number of rotatable bonds is 6. The van der Waals surface area contributed by atoms with E-state index in [4.69, 9.17) is 4.52 Å². The minimum Gasteiger partial charge on any atom is -0.357 e. The molecule has 1 N–H and O–H groups in total. The summed E-state index contributed by atoms with van der Waals surface area (Å²) in [6.07, 6.45) is 2.07. The minimum absolute atomic E-state index is 0.359. The SMILES string of the molecule is CCNC(=NCc1nc(C)no1)N(C)Cc1cn(C)nc1C(C)C. The second-order valence-electron chi connectivity index (χ2n) is 6.13. The second kappa shape index (κ2) is 7.94. The van der Waals surface area contributed by atoms with Crippen molar-refractivity contribution < 1.29 is 4.52 Å². The van der Waals surface area contributed by atoms with Gasteiger partial charge in [0.1, 0.15) is 6.54 Å². The minimum atomic E-state index is 0.359. The summed E-state index contributed by atoms with van der Waals surface area (Å²) >= 11 is 0. The molecule has 0 aliphatic rings. The Balaban J connectivity index is 2.12. The number of nitrogens with zero attached hydrogens (tertiary/aromatic N) is 6. The molecule has 8 nitrogen and oxygen atoms in total. The Labute approximate surface area is 143 Å². The third-order valence-electron chi connectivity index (χ3n) is 3.52. The van der Waals surface area contributed by atoms with Gasteiger partial charge in [-0.05, 0) is 19.8 Å². The van der Waals surface area contributed by atoms with Crippen LogP contribution in [0.1, 0.15) is 49.7 Å². The second-order valence-corrected chi connectivity index (χ2v) is 6.13. The first-order valence-electron chi connectivity index (χ1n) is 8.21. The van der Waals surface area contributed by atoms with Gasteiger partial charge in [0.15, 0.2) is 11.8 Å². The predicted octanol–water partition coefficient (Wildman–Crippen LogP) is 1.83. The molecule has 0 fully saturated rings. The number of aliphatic imine (C=N–C) groups is 1. The summed E-state index contributed by atoms with van der Waals surface area (Å²) in [5.41, 5.74) is 2.32. The zero-order chi connectivity index (χ0) is 17.7. The van der Waals surface area contributed by atoms with E-state index in [1.165, 1.54) is 5.56 Å². The molecule has 2 aromatic heterocycles. The van der Waals surface area contributed by atoms with Crippen LogP contribution < -0.4 is 5.32 Å². The largest absolute Gasteiger partial charge is 0.357 e. The number of aromatic nitrogens is 4. The molecule has 0 aliphatic carbocycles. The van der Waals surface area contributed by atoms with Crippen molar-refractivity contribution in [2.75, 3.05) is 13.6 Å². The Hall–Kier alpha value is -2.38. The van der Waals surface area contributed by atoms with Crippen LogP contribution in [-0.2, 0) is 20.1 Å². The van der Waals surface area contributed by atoms with E-state index in [0.717, 1.165) is 24.7 Å². The van der Waals surface area contributed by atoms with Gasteiger partial charge in [0.25, 0.3) is 0 Å². The first-order valence-corrected chi connectivity index (χ1v) is 8.21. The maximum absolute atomic E-state index is 5.12. The normalized spacial score (nSPS) is 12.0. The number of guanidine groups is 1. The Bertz CT molecular complexity index is 686. The molecule has 2 rings (SSSR count). The van der Waals surface area contributed by atoms with Gasteiger partial charge in [-0.2, -0.15) is 10.1 Å². The number of hydrogen-bond donors (Lipinski definition) is 1. The maximum atomic E-state index is 5.12. The molecule has 0 unspecified atom stereocenters. The van der Waals surface area contributed by atoms with Crippen LogP contribution in [0.5, 0.6) is 0 Å². The van der Waals surface area contributed by atoms with E-state index in [1.807, 2.05) is 25.7 Å². The van der Waals surface area contributed by atoms with Crippen LogP contribution in [0, 0.1) is 6.92 Å². The molecule has 0 saturated heterocycles. The van der Waals surface area contributed by atoms with Crippen molar-refractivity contribution in [3.63, 3.8) is 0 Å². The fraction of sp³-hybridized carbons (Fsp3) is 0.625. The molecule has 8 heteroatoms. The molecular formula is C16H27N7O. The highest BCUT2D eigenvalue weighted by molar-refractivity contribution is 5.79. The van der Waals surface area contributed by atoms with Crippen LogP contribution in [0.25, 0.3) is 0 Å². The summed E-state index contributed by atoms with van der Waals surface area (Å²) in [4.78, 5) is 10.8. The average Bonchev–Trinajstić information content (AvgIpc) is 3.09. The quantitative estimate of drug-likeness (QED) is 0.641. The van der Waals surface area contributed by atoms with Gasteiger partial charge < -0.3 is 14.7 Å². The lowest BCUT2D eigenvalue weighted by atomic mass is 10.1. The van der Waals surface area contributed by atoms with E-state index in [9.17, 15) is 0 Å². The number of hydrogen-bond acceptors (Lipinski definition) is 5. The smallest absolute Gasteiger partial charge is 0.248 e. The van der Waals surface area contributed by atoms with E-state index in [1.54, 1.807) is 6.92 Å². The third kappa shape index (κ3) is 4.56. The highest BCUT2D eigenvalue weighted by Crippen LogP contribution is 2.18. The highest BCUT2D eigenvalue weighted by Gasteiger charge is 2.15. The molecule has 0 aliphatic heterocycles. The molecule has 132 valence electrons. The van der Waals surface area contributed by atoms with Gasteiger partial charge in [0.05, 0.1) is 5.69 Å². The lowest BCUT2D eigenvalue weighted by molar-refractivity contribution is 0.375. The third-order valence-corrected chi connectivity index (χ3v) is 3.52. The number of aryl methyl sites for hydroxylation is 2. The summed E-state index contributed by atoms with van der Waals surface area (Å²) in [6, 6.07) is 0. The molecule has 0 bridgehead atoms. The fourth-order valence-corrected chi connectivity index (χ4v) is 2.51. The summed E-state index contributed by atoms with van der Waals surface area (Å²) in [7, 11) is 3.96. The van der Waals surface area contributed by atoms with Gasteiger partial charge >= 0.3 is 0 Å². The van der Waals surface area contributed by atoms with E-state index in [-0.39, 0.29) is 0 Å². The monoisotopic (exact) mass is 333 g/mol. The zero-order valence-electron chi connectivity index (χ0n) is 15.4. The number of nitrogens with one attached hydrogen (secondary N) is 1. The molecule has 0 amide bonds. The molecular weight excluding hydrogens is 306 g/mol. The summed E-state index contributed by atoms with van der Waals surface area (Å²) in [5.74, 6) is 2.32. The van der Waals surface area contributed by atoms with Gasteiger partial charge in [0, 0.05) is 38.9 Å². The molecule has 0 aromatic carbocycles. The molecule has 2 heterocycles. The highest BCUT2D eigenvalue weighted by atomic mass is 16.5. The van der Waals surface area contributed by atoms with Gasteiger partial charge in [-0.25, -0.2) is 4.99 Å². The van der Waals surface area contributed by atoms with Crippen molar-refractivity contribution >= 4 is 5.96 Å². The van der Waals surface area contributed by atoms with E-state index in [0.29, 0.717) is 24.2 Å². The lowest BCUT2D eigenvalue weighted by Gasteiger charge is -2.22. The fourth-order valence-electron chi connectivity index (χ4n) is 2.51. The van der Waals surface area contributed by atoms with Crippen LogP contribution in [0.3, 0.4) is 0 Å². The van der Waals surface area contributed by atoms with Crippen molar-refractivity contribution in [3.8, 4) is 0 Å². The molecule has 0 saturated carbocycles. The molecule has 0 spiro atoms. The van der Waals surface area contributed by atoms with Crippen LogP contribution in [-0.4, -0.2) is 44.4 Å². The lowest BCUT2D eigenvalue weighted by Crippen LogP contribution is -2.38. The first kappa shape index (κ1) is 18.0.